The van der Waals surface area contributed by atoms with Crippen molar-refractivity contribution < 1.29 is 14.3 Å². The van der Waals surface area contributed by atoms with E-state index in [0.29, 0.717) is 49.2 Å². The zero-order valence-electron chi connectivity index (χ0n) is 19.3. The van der Waals surface area contributed by atoms with Crippen LogP contribution >= 0.6 is 15.9 Å². The normalized spacial score (nSPS) is 21.4. The molecular weight excluding hydrogens is 489 g/mol. The highest BCUT2D eigenvalue weighted by Gasteiger charge is 2.35. The number of amides is 1. The fraction of sp³-hybridized carbons (Fsp3) is 0.542. The first kappa shape index (κ1) is 24.0. The van der Waals surface area contributed by atoms with Gasteiger partial charge in [-0.2, -0.15) is 0 Å². The predicted octanol–water partition coefficient (Wildman–Crippen LogP) is 3.35. The Hall–Kier alpha value is -2.10. The van der Waals surface area contributed by atoms with E-state index >= 15 is 0 Å². The molecule has 0 saturated carbocycles. The number of aromatic nitrogens is 2. The number of carbonyl (C=O) groups is 1. The molecule has 1 aliphatic heterocycles. The largest absolute Gasteiger partial charge is 0.387 e. The topological polar surface area (TPSA) is 81.6 Å². The van der Waals surface area contributed by atoms with Crippen LogP contribution in [0.25, 0.3) is 0 Å². The molecule has 1 aliphatic carbocycles. The molecule has 178 valence electrons. The lowest BCUT2D eigenvalue weighted by Gasteiger charge is -2.38. The van der Waals surface area contributed by atoms with Gasteiger partial charge in [0.15, 0.2) is 0 Å². The van der Waals surface area contributed by atoms with Crippen LogP contribution in [0.15, 0.2) is 29.0 Å². The standard InChI is InChI=1S/C24H31BrFN5O2/c1-14(2)27-12-17(16-4-5-18(25)19(26)11-16)24(33)31-8-6-30(7-9-31)23-21-15(3)10-20(32)22(21)28-13-29-23/h4-5,11,13-15,17,20,27,32H,6-10,12H2,1-3H3/t15-,17?,20?/m1/s1. The summed E-state index contributed by atoms with van der Waals surface area (Å²) in [5.41, 5.74) is 2.42. The summed E-state index contributed by atoms with van der Waals surface area (Å²) in [6.45, 7) is 9.02. The number of hydrogen-bond donors (Lipinski definition) is 2. The van der Waals surface area contributed by atoms with Crippen molar-refractivity contribution in [2.75, 3.05) is 37.6 Å². The van der Waals surface area contributed by atoms with Crippen molar-refractivity contribution in [1.82, 2.24) is 20.2 Å². The van der Waals surface area contributed by atoms with Gasteiger partial charge in [-0.15, -0.1) is 0 Å². The van der Waals surface area contributed by atoms with Crippen molar-refractivity contribution in [2.24, 2.45) is 0 Å². The van der Waals surface area contributed by atoms with Crippen LogP contribution in [-0.2, 0) is 4.79 Å². The summed E-state index contributed by atoms with van der Waals surface area (Å²) in [6.07, 6.45) is 1.64. The minimum Gasteiger partial charge on any atom is -0.387 e. The Morgan fingerprint density at radius 1 is 1.27 bits per heavy atom. The number of piperazine rings is 1. The van der Waals surface area contributed by atoms with Gasteiger partial charge >= 0.3 is 0 Å². The number of aliphatic hydroxyl groups is 1. The number of halogens is 2. The SMILES string of the molecule is CC(C)NCC(C(=O)N1CCN(c2ncnc3c2[C@H](C)CC3O)CC1)c1ccc(Br)c(F)c1. The quantitative estimate of drug-likeness (QED) is 0.608. The van der Waals surface area contributed by atoms with Crippen LogP contribution < -0.4 is 10.2 Å². The Balaban J connectivity index is 1.49. The minimum atomic E-state index is -0.542. The Morgan fingerprint density at radius 2 is 2.00 bits per heavy atom. The second-order valence-corrected chi connectivity index (χ2v) is 10.1. The van der Waals surface area contributed by atoms with E-state index in [2.05, 4.69) is 43.0 Å². The van der Waals surface area contributed by atoms with Crippen LogP contribution in [0.5, 0.6) is 0 Å². The lowest BCUT2D eigenvalue weighted by molar-refractivity contribution is -0.133. The van der Waals surface area contributed by atoms with Crippen molar-refractivity contribution in [3.8, 4) is 0 Å². The number of benzene rings is 1. The first-order chi connectivity index (χ1) is 15.8. The lowest BCUT2D eigenvalue weighted by Crippen LogP contribution is -2.51. The smallest absolute Gasteiger partial charge is 0.231 e. The highest BCUT2D eigenvalue weighted by Crippen LogP contribution is 2.42. The number of anilines is 1. The second-order valence-electron chi connectivity index (χ2n) is 9.25. The maximum atomic E-state index is 14.2. The molecule has 1 aromatic heterocycles. The fourth-order valence-corrected chi connectivity index (χ4v) is 4.99. The van der Waals surface area contributed by atoms with E-state index < -0.39 is 12.0 Å². The van der Waals surface area contributed by atoms with Gasteiger partial charge in [-0.1, -0.05) is 26.8 Å². The molecular formula is C24H31BrFN5O2. The molecule has 7 nitrogen and oxygen atoms in total. The Labute approximate surface area is 202 Å². The fourth-order valence-electron chi connectivity index (χ4n) is 4.74. The van der Waals surface area contributed by atoms with Gasteiger partial charge in [0.1, 0.15) is 18.0 Å². The molecule has 1 amide bonds. The summed E-state index contributed by atoms with van der Waals surface area (Å²) in [5.74, 6) is 0.239. The number of nitrogens with one attached hydrogen (secondary N) is 1. The van der Waals surface area contributed by atoms with E-state index in [1.807, 2.05) is 24.8 Å². The third-order valence-electron chi connectivity index (χ3n) is 6.54. The molecule has 2 unspecified atom stereocenters. The molecule has 1 fully saturated rings. The van der Waals surface area contributed by atoms with Crippen LogP contribution in [0.2, 0.25) is 0 Å². The summed E-state index contributed by atoms with van der Waals surface area (Å²) in [6, 6.07) is 5.13. The van der Waals surface area contributed by atoms with Crippen LogP contribution in [0.3, 0.4) is 0 Å². The first-order valence-electron chi connectivity index (χ1n) is 11.5. The van der Waals surface area contributed by atoms with Gasteiger partial charge in [-0.25, -0.2) is 14.4 Å². The Kier molecular flexibility index (Phi) is 7.31. The van der Waals surface area contributed by atoms with Gasteiger partial charge in [0.2, 0.25) is 5.91 Å². The first-order valence-corrected chi connectivity index (χ1v) is 12.3. The summed E-state index contributed by atoms with van der Waals surface area (Å²) in [5, 5.41) is 13.6. The van der Waals surface area contributed by atoms with E-state index in [9.17, 15) is 14.3 Å². The second kappa shape index (κ2) is 10.0. The summed E-state index contributed by atoms with van der Waals surface area (Å²) < 4.78 is 14.6. The van der Waals surface area contributed by atoms with Crippen LogP contribution in [-0.4, -0.2) is 64.6 Å². The zero-order valence-corrected chi connectivity index (χ0v) is 20.8. The molecule has 2 aromatic rings. The average Bonchev–Trinajstić information content (AvgIpc) is 3.09. The van der Waals surface area contributed by atoms with E-state index in [1.165, 1.54) is 12.4 Å². The predicted molar refractivity (Wildman–Crippen MR) is 129 cm³/mol. The van der Waals surface area contributed by atoms with Gasteiger partial charge in [0.05, 0.1) is 22.2 Å². The monoisotopic (exact) mass is 519 g/mol. The Morgan fingerprint density at radius 3 is 2.67 bits per heavy atom. The van der Waals surface area contributed by atoms with E-state index in [4.69, 9.17) is 0 Å². The highest BCUT2D eigenvalue weighted by atomic mass is 79.9. The lowest BCUT2D eigenvalue weighted by atomic mass is 9.96. The molecule has 0 radical (unpaired) electrons. The number of carbonyl (C=O) groups excluding carboxylic acids is 1. The van der Waals surface area contributed by atoms with Crippen molar-refractivity contribution in [3.63, 3.8) is 0 Å². The van der Waals surface area contributed by atoms with Gasteiger partial charge in [0, 0.05) is 44.3 Å². The van der Waals surface area contributed by atoms with Crippen molar-refractivity contribution >= 4 is 27.7 Å². The minimum absolute atomic E-state index is 0.00114. The number of aliphatic hydroxyl groups excluding tert-OH is 1. The van der Waals surface area contributed by atoms with Crippen LogP contribution in [0, 0.1) is 5.82 Å². The molecule has 1 aromatic carbocycles. The zero-order chi connectivity index (χ0) is 23.7. The summed E-state index contributed by atoms with van der Waals surface area (Å²) in [7, 11) is 0. The third-order valence-corrected chi connectivity index (χ3v) is 7.19. The van der Waals surface area contributed by atoms with E-state index in [0.717, 1.165) is 17.1 Å². The molecule has 2 N–H and O–H groups in total. The van der Waals surface area contributed by atoms with Crippen LogP contribution in [0.1, 0.15) is 62.0 Å². The maximum absolute atomic E-state index is 14.2. The molecule has 0 bridgehead atoms. The molecule has 2 aliphatic rings. The number of hydrogen-bond acceptors (Lipinski definition) is 6. The summed E-state index contributed by atoms with van der Waals surface area (Å²) >= 11 is 3.19. The van der Waals surface area contributed by atoms with Gasteiger partial charge in [-0.05, 0) is 46.0 Å². The molecule has 0 spiro atoms. The number of fused-ring (bicyclic) bond motifs is 1. The molecule has 3 atom stereocenters. The van der Waals surface area contributed by atoms with Gasteiger partial charge in [-0.3, -0.25) is 4.79 Å². The van der Waals surface area contributed by atoms with Crippen LogP contribution in [0.4, 0.5) is 10.2 Å². The summed E-state index contributed by atoms with van der Waals surface area (Å²) in [4.78, 5) is 26.4. The molecule has 4 rings (SSSR count). The van der Waals surface area contributed by atoms with E-state index in [1.54, 1.807) is 6.07 Å². The number of nitrogens with zero attached hydrogens (tertiary/aromatic N) is 4. The third kappa shape index (κ3) is 5.05. The molecule has 2 heterocycles. The van der Waals surface area contributed by atoms with Gasteiger partial charge in [0.25, 0.3) is 0 Å². The Bertz CT molecular complexity index is 1010. The van der Waals surface area contributed by atoms with Crippen molar-refractivity contribution in [3.05, 3.63) is 51.6 Å². The maximum Gasteiger partial charge on any atom is 0.231 e. The van der Waals surface area contributed by atoms with Crippen molar-refractivity contribution in [1.29, 1.82) is 0 Å². The molecule has 33 heavy (non-hydrogen) atoms. The van der Waals surface area contributed by atoms with E-state index in [-0.39, 0.29) is 23.7 Å². The average molecular weight is 520 g/mol. The van der Waals surface area contributed by atoms with Crippen molar-refractivity contribution in [2.45, 2.75) is 51.2 Å². The number of rotatable bonds is 6. The highest BCUT2D eigenvalue weighted by molar-refractivity contribution is 9.10. The van der Waals surface area contributed by atoms with Gasteiger partial charge < -0.3 is 20.2 Å². The molecule has 1 saturated heterocycles. The molecule has 9 heteroatoms.